The lowest BCUT2D eigenvalue weighted by Gasteiger charge is -2.35. The van der Waals surface area contributed by atoms with Gasteiger partial charge in [0.15, 0.2) is 0 Å². The highest BCUT2D eigenvalue weighted by Gasteiger charge is 2.29. The van der Waals surface area contributed by atoms with Gasteiger partial charge in [-0.3, -0.25) is 9.59 Å². The molecule has 0 atom stereocenters. The summed E-state index contributed by atoms with van der Waals surface area (Å²) in [5.74, 6) is 1.30. The highest BCUT2D eigenvalue weighted by molar-refractivity contribution is 5.79. The lowest BCUT2D eigenvalue weighted by molar-refractivity contribution is -0.138. The van der Waals surface area contributed by atoms with E-state index in [0.29, 0.717) is 18.2 Å². The first-order valence-corrected chi connectivity index (χ1v) is 9.26. The molecule has 0 radical (unpaired) electrons. The topological polar surface area (TPSA) is 49.4 Å². The van der Waals surface area contributed by atoms with E-state index < -0.39 is 0 Å². The fourth-order valence-corrected chi connectivity index (χ4v) is 3.70. The predicted octanol–water partition coefficient (Wildman–Crippen LogP) is 3.11. The molecular formula is C18H32N2O2. The second-order valence-electron chi connectivity index (χ2n) is 7.01. The summed E-state index contributed by atoms with van der Waals surface area (Å²) in [5.41, 5.74) is 0. The summed E-state index contributed by atoms with van der Waals surface area (Å²) in [4.78, 5) is 26.4. The summed E-state index contributed by atoms with van der Waals surface area (Å²) in [5, 5.41) is 3.00. The first kappa shape index (κ1) is 17.3. The lowest BCUT2D eigenvalue weighted by atomic mass is 9.87. The molecule has 2 aliphatic rings. The summed E-state index contributed by atoms with van der Waals surface area (Å²) in [6.07, 6.45) is 10.7. The van der Waals surface area contributed by atoms with Gasteiger partial charge < -0.3 is 10.2 Å². The quantitative estimate of drug-likeness (QED) is 0.767. The number of nitrogens with zero attached hydrogens (tertiary/aromatic N) is 1. The van der Waals surface area contributed by atoms with Crippen LogP contribution in [-0.4, -0.2) is 36.3 Å². The molecule has 126 valence electrons. The molecule has 0 aromatic heterocycles. The van der Waals surface area contributed by atoms with Crippen LogP contribution in [0.5, 0.6) is 0 Å². The van der Waals surface area contributed by atoms with Gasteiger partial charge in [-0.15, -0.1) is 0 Å². The Morgan fingerprint density at radius 2 is 1.73 bits per heavy atom. The van der Waals surface area contributed by atoms with Crippen molar-refractivity contribution in [1.82, 2.24) is 10.2 Å². The molecule has 1 saturated heterocycles. The summed E-state index contributed by atoms with van der Waals surface area (Å²) in [6.45, 7) is 4.63. The van der Waals surface area contributed by atoms with E-state index >= 15 is 0 Å². The number of amides is 2. The molecule has 2 amide bonds. The monoisotopic (exact) mass is 308 g/mol. The smallest absolute Gasteiger partial charge is 0.225 e. The van der Waals surface area contributed by atoms with Crippen molar-refractivity contribution >= 4 is 11.8 Å². The number of piperidine rings is 1. The second kappa shape index (κ2) is 9.16. The van der Waals surface area contributed by atoms with Gasteiger partial charge in [0.2, 0.25) is 11.8 Å². The zero-order chi connectivity index (χ0) is 15.8. The van der Waals surface area contributed by atoms with Gasteiger partial charge >= 0.3 is 0 Å². The Labute approximate surface area is 135 Å². The van der Waals surface area contributed by atoms with E-state index in [-0.39, 0.29) is 11.8 Å². The van der Waals surface area contributed by atoms with Crippen LogP contribution in [0.3, 0.4) is 0 Å². The minimum Gasteiger partial charge on any atom is -0.356 e. The van der Waals surface area contributed by atoms with Crippen molar-refractivity contribution in [3.05, 3.63) is 0 Å². The van der Waals surface area contributed by atoms with Crippen molar-refractivity contribution in [3.63, 3.8) is 0 Å². The highest BCUT2D eigenvalue weighted by Crippen LogP contribution is 2.28. The van der Waals surface area contributed by atoms with Gasteiger partial charge in [-0.1, -0.05) is 32.6 Å². The third kappa shape index (κ3) is 5.29. The van der Waals surface area contributed by atoms with Crippen LogP contribution in [-0.2, 0) is 9.59 Å². The van der Waals surface area contributed by atoms with Crippen molar-refractivity contribution in [2.24, 2.45) is 11.8 Å². The normalized spacial score (nSPS) is 20.9. The summed E-state index contributed by atoms with van der Waals surface area (Å²) < 4.78 is 0. The van der Waals surface area contributed by atoms with Gasteiger partial charge in [0.25, 0.3) is 0 Å². The van der Waals surface area contributed by atoms with Gasteiger partial charge in [-0.25, -0.2) is 0 Å². The fourth-order valence-electron chi connectivity index (χ4n) is 3.70. The Morgan fingerprint density at radius 3 is 2.36 bits per heavy atom. The number of carbonyl (C=O) groups excluding carboxylic acids is 2. The minimum absolute atomic E-state index is 0.186. The third-order valence-electron chi connectivity index (χ3n) is 5.21. The average molecular weight is 308 g/mol. The molecule has 4 heteroatoms. The van der Waals surface area contributed by atoms with Gasteiger partial charge in [0.05, 0.1) is 0 Å². The van der Waals surface area contributed by atoms with E-state index in [2.05, 4.69) is 17.1 Å². The molecule has 1 heterocycles. The molecule has 2 fully saturated rings. The number of hydrogen-bond acceptors (Lipinski definition) is 2. The molecule has 1 aliphatic heterocycles. The van der Waals surface area contributed by atoms with E-state index in [9.17, 15) is 9.59 Å². The van der Waals surface area contributed by atoms with E-state index in [4.69, 9.17) is 0 Å². The maximum atomic E-state index is 12.5. The van der Waals surface area contributed by atoms with Crippen LogP contribution in [0.15, 0.2) is 0 Å². The van der Waals surface area contributed by atoms with Gasteiger partial charge in [0, 0.05) is 32.0 Å². The number of hydrogen-bond donors (Lipinski definition) is 1. The van der Waals surface area contributed by atoms with Crippen molar-refractivity contribution < 1.29 is 9.59 Å². The minimum atomic E-state index is 0.186. The molecule has 0 unspecified atom stereocenters. The molecule has 0 aromatic carbocycles. The fraction of sp³-hybridized carbons (Fsp3) is 0.889. The second-order valence-corrected chi connectivity index (χ2v) is 7.01. The molecule has 2 rings (SSSR count). The van der Waals surface area contributed by atoms with Gasteiger partial charge in [-0.2, -0.15) is 0 Å². The molecule has 0 bridgehead atoms. The Kier molecular flexibility index (Phi) is 7.20. The Hall–Kier alpha value is -1.06. The Bertz CT molecular complexity index is 356. The molecule has 0 aromatic rings. The molecule has 22 heavy (non-hydrogen) atoms. The molecular weight excluding hydrogens is 276 g/mol. The van der Waals surface area contributed by atoms with Crippen LogP contribution >= 0.6 is 0 Å². The van der Waals surface area contributed by atoms with Crippen molar-refractivity contribution in [2.45, 2.75) is 71.1 Å². The molecule has 0 spiro atoms. The number of rotatable bonds is 6. The predicted molar refractivity (Wildman–Crippen MR) is 88.4 cm³/mol. The van der Waals surface area contributed by atoms with Crippen molar-refractivity contribution in [2.75, 3.05) is 19.6 Å². The van der Waals surface area contributed by atoms with Crippen LogP contribution in [0.1, 0.15) is 71.1 Å². The maximum absolute atomic E-state index is 12.5. The lowest BCUT2D eigenvalue weighted by Crippen LogP contribution is -2.43. The highest BCUT2D eigenvalue weighted by atomic mass is 16.2. The van der Waals surface area contributed by atoms with Crippen LogP contribution in [0, 0.1) is 11.8 Å². The average Bonchev–Trinajstić information content (AvgIpc) is 2.56. The summed E-state index contributed by atoms with van der Waals surface area (Å²) in [7, 11) is 0. The number of likely N-dealkylation sites (tertiary alicyclic amines) is 1. The van der Waals surface area contributed by atoms with Gasteiger partial charge in [0.1, 0.15) is 0 Å². The van der Waals surface area contributed by atoms with Crippen molar-refractivity contribution in [3.8, 4) is 0 Å². The number of nitrogens with one attached hydrogen (secondary N) is 1. The summed E-state index contributed by atoms with van der Waals surface area (Å²) in [6, 6.07) is 0. The van der Waals surface area contributed by atoms with E-state index in [1.54, 1.807) is 0 Å². The van der Waals surface area contributed by atoms with Crippen LogP contribution < -0.4 is 5.32 Å². The number of unbranched alkanes of at least 4 members (excludes halogenated alkanes) is 1. The SMILES string of the molecule is CCCCNC(=O)CC1CCN(C(=O)C2CCCCC2)CC1. The molecule has 1 aliphatic carbocycles. The molecule has 4 nitrogen and oxygen atoms in total. The summed E-state index contributed by atoms with van der Waals surface area (Å²) >= 11 is 0. The Morgan fingerprint density at radius 1 is 1.05 bits per heavy atom. The molecule has 1 N–H and O–H groups in total. The van der Waals surface area contributed by atoms with Gasteiger partial charge in [-0.05, 0) is 38.0 Å². The first-order chi connectivity index (χ1) is 10.7. The van der Waals surface area contributed by atoms with Crippen LogP contribution in [0.2, 0.25) is 0 Å². The zero-order valence-corrected chi connectivity index (χ0v) is 14.1. The van der Waals surface area contributed by atoms with E-state index in [1.807, 2.05) is 0 Å². The Balaban J connectivity index is 1.66. The van der Waals surface area contributed by atoms with E-state index in [0.717, 1.165) is 58.2 Å². The first-order valence-electron chi connectivity index (χ1n) is 9.26. The third-order valence-corrected chi connectivity index (χ3v) is 5.21. The van der Waals surface area contributed by atoms with Crippen LogP contribution in [0.4, 0.5) is 0 Å². The van der Waals surface area contributed by atoms with Crippen LogP contribution in [0.25, 0.3) is 0 Å². The van der Waals surface area contributed by atoms with E-state index in [1.165, 1.54) is 19.3 Å². The number of carbonyl (C=O) groups is 2. The maximum Gasteiger partial charge on any atom is 0.225 e. The standard InChI is InChI=1S/C18H32N2O2/c1-2-3-11-19-17(21)14-15-9-12-20(13-10-15)18(22)16-7-5-4-6-8-16/h15-16H,2-14H2,1H3,(H,19,21). The largest absolute Gasteiger partial charge is 0.356 e. The zero-order valence-electron chi connectivity index (χ0n) is 14.1. The van der Waals surface area contributed by atoms with Crippen molar-refractivity contribution in [1.29, 1.82) is 0 Å². The molecule has 1 saturated carbocycles.